The van der Waals surface area contributed by atoms with Crippen LogP contribution in [-0.4, -0.2) is 24.6 Å². The van der Waals surface area contributed by atoms with E-state index in [0.717, 1.165) is 10.8 Å². The number of carbonyl (C=O) groups is 2. The monoisotopic (exact) mass is 391 g/mol. The van der Waals surface area contributed by atoms with Gasteiger partial charge in [-0.2, -0.15) is 0 Å². The molecular weight excluding hydrogens is 366 g/mol. The fourth-order valence-electron chi connectivity index (χ4n) is 3.14. The molecule has 0 aliphatic carbocycles. The van der Waals surface area contributed by atoms with Crippen LogP contribution in [0.15, 0.2) is 60.7 Å². The maximum Gasteiger partial charge on any atom is 0.338 e. The van der Waals surface area contributed by atoms with E-state index in [1.54, 1.807) is 32.0 Å². The van der Waals surface area contributed by atoms with Gasteiger partial charge in [0.05, 0.1) is 12.2 Å². The summed E-state index contributed by atoms with van der Waals surface area (Å²) in [4.78, 5) is 24.9. The summed E-state index contributed by atoms with van der Waals surface area (Å²) in [6, 6.07) is 18.9. The van der Waals surface area contributed by atoms with Crippen molar-refractivity contribution >= 4 is 28.3 Å². The number of benzene rings is 3. The fraction of sp³-hybridized carbons (Fsp3) is 0.250. The highest BCUT2D eigenvalue weighted by Crippen LogP contribution is 2.24. The summed E-state index contributed by atoms with van der Waals surface area (Å²) in [6.45, 7) is 5.74. The average molecular weight is 391 g/mol. The molecule has 1 atom stereocenters. The molecule has 0 unspecified atom stereocenters. The zero-order valence-corrected chi connectivity index (χ0v) is 16.9. The molecule has 29 heavy (non-hydrogen) atoms. The van der Waals surface area contributed by atoms with E-state index in [4.69, 9.17) is 9.47 Å². The molecule has 5 nitrogen and oxygen atoms in total. The molecule has 150 valence electrons. The predicted molar refractivity (Wildman–Crippen MR) is 114 cm³/mol. The lowest BCUT2D eigenvalue weighted by molar-refractivity contribution is -0.122. The maximum atomic E-state index is 12.8. The summed E-state index contributed by atoms with van der Waals surface area (Å²) in [5.74, 6) is -0.0204. The molecule has 0 aliphatic rings. The highest BCUT2D eigenvalue weighted by molar-refractivity contribution is 5.98. The molecule has 3 aromatic carbocycles. The van der Waals surface area contributed by atoms with Crippen LogP contribution in [0, 0.1) is 6.92 Å². The minimum atomic E-state index is -0.651. The third kappa shape index (κ3) is 4.74. The summed E-state index contributed by atoms with van der Waals surface area (Å²) in [6.07, 6.45) is -0.142. The van der Waals surface area contributed by atoms with Crippen LogP contribution in [0.25, 0.3) is 10.8 Å². The van der Waals surface area contributed by atoms with Crippen molar-refractivity contribution in [2.24, 2.45) is 0 Å². The molecule has 3 aromatic rings. The lowest BCUT2D eigenvalue weighted by Gasteiger charge is -2.19. The molecule has 0 fully saturated rings. The second kappa shape index (κ2) is 9.24. The highest BCUT2D eigenvalue weighted by atomic mass is 16.5. The van der Waals surface area contributed by atoms with Crippen molar-refractivity contribution in [2.75, 3.05) is 11.9 Å². The van der Waals surface area contributed by atoms with Crippen LogP contribution in [-0.2, 0) is 9.53 Å². The largest absolute Gasteiger partial charge is 0.481 e. The minimum Gasteiger partial charge on any atom is -0.481 e. The molecule has 0 spiro atoms. The summed E-state index contributed by atoms with van der Waals surface area (Å²) >= 11 is 0. The van der Waals surface area contributed by atoms with Crippen LogP contribution in [0.2, 0.25) is 0 Å². The molecule has 0 aromatic heterocycles. The van der Waals surface area contributed by atoms with Gasteiger partial charge in [0.2, 0.25) is 0 Å². The van der Waals surface area contributed by atoms with Gasteiger partial charge in [-0.05, 0) is 60.9 Å². The number of rotatable bonds is 7. The van der Waals surface area contributed by atoms with Crippen molar-refractivity contribution in [2.45, 2.75) is 33.3 Å². The first-order valence-corrected chi connectivity index (χ1v) is 9.76. The normalized spacial score (nSPS) is 11.7. The van der Waals surface area contributed by atoms with Crippen LogP contribution in [0.4, 0.5) is 5.69 Å². The van der Waals surface area contributed by atoms with Gasteiger partial charge in [0, 0.05) is 5.69 Å². The van der Waals surface area contributed by atoms with Crippen molar-refractivity contribution in [1.29, 1.82) is 0 Å². The van der Waals surface area contributed by atoms with Gasteiger partial charge in [-0.1, -0.05) is 43.3 Å². The topological polar surface area (TPSA) is 64.6 Å². The SMILES string of the molecule is CCOC(=O)c1cccc(NC(=O)[C@H](CC)Oc2ccc3ccccc3c2)c1C. The molecule has 0 saturated heterocycles. The number of esters is 1. The minimum absolute atomic E-state index is 0.259. The summed E-state index contributed by atoms with van der Waals surface area (Å²) in [5.41, 5.74) is 1.68. The zero-order chi connectivity index (χ0) is 20.8. The molecule has 3 rings (SSSR count). The van der Waals surface area contributed by atoms with Crippen LogP contribution >= 0.6 is 0 Å². The Hall–Kier alpha value is -3.34. The average Bonchev–Trinajstić information content (AvgIpc) is 2.73. The van der Waals surface area contributed by atoms with Gasteiger partial charge in [0.15, 0.2) is 6.10 Å². The van der Waals surface area contributed by atoms with Crippen LogP contribution in [0.3, 0.4) is 0 Å². The third-order valence-electron chi connectivity index (χ3n) is 4.75. The van der Waals surface area contributed by atoms with Crippen molar-refractivity contribution in [3.8, 4) is 5.75 Å². The second-order valence-electron chi connectivity index (χ2n) is 6.71. The van der Waals surface area contributed by atoms with Gasteiger partial charge >= 0.3 is 5.97 Å². The molecule has 0 radical (unpaired) electrons. The molecule has 1 N–H and O–H groups in total. The van der Waals surface area contributed by atoms with Gasteiger partial charge in [-0.25, -0.2) is 4.79 Å². The number of fused-ring (bicyclic) bond motifs is 1. The van der Waals surface area contributed by atoms with Gasteiger partial charge in [0.1, 0.15) is 5.75 Å². The van der Waals surface area contributed by atoms with E-state index in [-0.39, 0.29) is 5.91 Å². The zero-order valence-electron chi connectivity index (χ0n) is 16.9. The quantitative estimate of drug-likeness (QED) is 0.568. The third-order valence-corrected chi connectivity index (χ3v) is 4.75. The number of nitrogens with one attached hydrogen (secondary N) is 1. The Labute approximate surface area is 170 Å². The first kappa shape index (κ1) is 20.4. The standard InChI is InChI=1S/C24H25NO4/c1-4-22(29-19-14-13-17-9-6-7-10-18(17)15-19)23(26)25-21-12-8-11-20(16(21)3)24(27)28-5-2/h6-15,22H,4-5H2,1-3H3,(H,25,26)/t22-/m0/s1. The molecule has 0 heterocycles. The van der Waals surface area contributed by atoms with E-state index >= 15 is 0 Å². The number of anilines is 1. The summed E-state index contributed by atoms with van der Waals surface area (Å²) in [7, 11) is 0. The van der Waals surface area contributed by atoms with Crippen LogP contribution < -0.4 is 10.1 Å². The first-order chi connectivity index (χ1) is 14.0. The van der Waals surface area contributed by atoms with E-state index in [2.05, 4.69) is 5.32 Å². The second-order valence-corrected chi connectivity index (χ2v) is 6.71. The number of carbonyl (C=O) groups excluding carboxylic acids is 2. The smallest absolute Gasteiger partial charge is 0.338 e. The number of ether oxygens (including phenoxy) is 2. The van der Waals surface area contributed by atoms with E-state index in [0.29, 0.717) is 35.6 Å². The van der Waals surface area contributed by atoms with Crippen molar-refractivity contribution in [3.05, 3.63) is 71.8 Å². The Kier molecular flexibility index (Phi) is 6.50. The Morgan fingerprint density at radius 3 is 2.45 bits per heavy atom. The molecule has 1 amide bonds. The first-order valence-electron chi connectivity index (χ1n) is 9.76. The molecule has 5 heteroatoms. The van der Waals surface area contributed by atoms with E-state index in [1.807, 2.05) is 49.4 Å². The van der Waals surface area contributed by atoms with E-state index in [1.165, 1.54) is 0 Å². The Morgan fingerprint density at radius 2 is 1.72 bits per heavy atom. The number of amides is 1. The van der Waals surface area contributed by atoms with E-state index in [9.17, 15) is 9.59 Å². The summed E-state index contributed by atoms with van der Waals surface area (Å²) in [5, 5.41) is 5.05. The van der Waals surface area contributed by atoms with Gasteiger partial charge in [-0.15, -0.1) is 0 Å². The predicted octanol–water partition coefficient (Wildman–Crippen LogP) is 5.12. The lowest BCUT2D eigenvalue weighted by atomic mass is 10.1. The molecular formula is C24H25NO4. The molecule has 0 saturated carbocycles. The maximum absolute atomic E-state index is 12.8. The van der Waals surface area contributed by atoms with Gasteiger partial charge in [0.25, 0.3) is 5.91 Å². The van der Waals surface area contributed by atoms with E-state index < -0.39 is 12.1 Å². The van der Waals surface area contributed by atoms with Gasteiger partial charge in [-0.3, -0.25) is 4.79 Å². The summed E-state index contributed by atoms with van der Waals surface area (Å²) < 4.78 is 11.0. The lowest BCUT2D eigenvalue weighted by Crippen LogP contribution is -2.32. The van der Waals surface area contributed by atoms with Crippen molar-refractivity contribution < 1.29 is 19.1 Å². The highest BCUT2D eigenvalue weighted by Gasteiger charge is 2.21. The Bertz CT molecular complexity index is 1030. The Morgan fingerprint density at radius 1 is 0.966 bits per heavy atom. The van der Waals surface area contributed by atoms with Crippen LogP contribution in [0.1, 0.15) is 36.2 Å². The van der Waals surface area contributed by atoms with Crippen molar-refractivity contribution in [1.82, 2.24) is 0 Å². The number of hydrogen-bond acceptors (Lipinski definition) is 4. The van der Waals surface area contributed by atoms with Crippen LogP contribution in [0.5, 0.6) is 5.75 Å². The number of hydrogen-bond donors (Lipinski definition) is 1. The fourth-order valence-corrected chi connectivity index (χ4v) is 3.14. The van der Waals surface area contributed by atoms with Crippen molar-refractivity contribution in [3.63, 3.8) is 0 Å². The Balaban J connectivity index is 1.76. The molecule has 0 bridgehead atoms. The molecule has 0 aliphatic heterocycles. The van der Waals surface area contributed by atoms with Gasteiger partial charge < -0.3 is 14.8 Å².